The molecule has 35 heavy (non-hydrogen) atoms. The zero-order valence-electron chi connectivity index (χ0n) is 20.8. The number of hydrazine groups is 1. The number of pyridine rings is 1. The van der Waals surface area contributed by atoms with Crippen molar-refractivity contribution in [1.29, 1.82) is 0 Å². The van der Waals surface area contributed by atoms with Gasteiger partial charge in [-0.3, -0.25) is 19.5 Å². The molecule has 10 heteroatoms. The summed E-state index contributed by atoms with van der Waals surface area (Å²) >= 11 is 0. The van der Waals surface area contributed by atoms with E-state index in [1.807, 2.05) is 44.5 Å². The van der Waals surface area contributed by atoms with Gasteiger partial charge in [0, 0.05) is 55.6 Å². The maximum atomic E-state index is 13.8. The highest BCUT2D eigenvalue weighted by molar-refractivity contribution is 6.27. The summed E-state index contributed by atoms with van der Waals surface area (Å²) in [6, 6.07) is 5.49. The van der Waals surface area contributed by atoms with Crippen LogP contribution in [0.2, 0.25) is 0 Å². The van der Waals surface area contributed by atoms with Crippen molar-refractivity contribution < 1.29 is 19.4 Å². The number of aliphatic hydroxyl groups excluding tert-OH is 1. The fraction of sp³-hybridized carbons (Fsp3) is 0.440. The lowest BCUT2D eigenvalue weighted by Gasteiger charge is -2.35. The minimum absolute atomic E-state index is 0.0597. The zero-order valence-corrected chi connectivity index (χ0v) is 20.8. The number of rotatable bonds is 8. The number of carbonyl (C=O) groups excluding carboxylic acids is 2. The van der Waals surface area contributed by atoms with Gasteiger partial charge < -0.3 is 15.2 Å². The van der Waals surface area contributed by atoms with E-state index < -0.39 is 11.7 Å². The van der Waals surface area contributed by atoms with E-state index in [1.165, 1.54) is 5.01 Å². The summed E-state index contributed by atoms with van der Waals surface area (Å²) < 4.78 is 7.43. The van der Waals surface area contributed by atoms with Gasteiger partial charge in [-0.05, 0) is 45.9 Å². The number of anilines is 1. The Morgan fingerprint density at radius 2 is 1.97 bits per heavy atom. The lowest BCUT2D eigenvalue weighted by atomic mass is 9.87. The molecule has 2 aromatic heterocycles. The molecule has 186 valence electrons. The molecule has 0 saturated carbocycles. The first-order chi connectivity index (χ1) is 16.7. The number of ether oxygens (including phenoxy) is 1. The molecule has 1 aliphatic carbocycles. The third kappa shape index (κ3) is 4.59. The van der Waals surface area contributed by atoms with Crippen LogP contribution in [0.1, 0.15) is 43.6 Å². The van der Waals surface area contributed by atoms with Crippen molar-refractivity contribution in [1.82, 2.24) is 25.1 Å². The van der Waals surface area contributed by atoms with Crippen molar-refractivity contribution in [3.63, 3.8) is 0 Å². The topological polar surface area (TPSA) is 113 Å². The number of hydrogen-bond acceptors (Lipinski definition) is 8. The Balaban J connectivity index is 1.85. The molecule has 2 N–H and O–H groups in total. The lowest BCUT2D eigenvalue weighted by Crippen LogP contribution is -2.47. The van der Waals surface area contributed by atoms with Gasteiger partial charge in [-0.1, -0.05) is 0 Å². The summed E-state index contributed by atoms with van der Waals surface area (Å²) in [4.78, 5) is 30.9. The van der Waals surface area contributed by atoms with Gasteiger partial charge >= 0.3 is 6.09 Å². The van der Waals surface area contributed by atoms with E-state index >= 15 is 0 Å². The minimum atomic E-state index is -0.650. The standard InChI is InChI=1S/C25H32N6O4/c1-6-31(29(5)24(34)35-25(2,3)4)19-8-7-18-20-21(19)23(33)16-9-10-27-15-17(16)22(20)28-30(18)13-11-26-12-14-32/h7-10,15,26,32H,6,11-14H2,1-5H3. The van der Waals surface area contributed by atoms with E-state index in [0.717, 1.165) is 10.9 Å². The van der Waals surface area contributed by atoms with Crippen LogP contribution in [-0.2, 0) is 11.3 Å². The third-order valence-electron chi connectivity index (χ3n) is 5.83. The number of aliphatic hydroxyl groups is 1. The first kappa shape index (κ1) is 24.6. The minimum Gasteiger partial charge on any atom is -0.442 e. The van der Waals surface area contributed by atoms with E-state index in [9.17, 15) is 9.59 Å². The Bertz CT molecular complexity index is 1260. The number of nitrogens with one attached hydrogen (secondary N) is 1. The van der Waals surface area contributed by atoms with Crippen LogP contribution in [0.3, 0.4) is 0 Å². The van der Waals surface area contributed by atoms with Gasteiger partial charge in [-0.15, -0.1) is 0 Å². The Morgan fingerprint density at radius 3 is 2.66 bits per heavy atom. The Morgan fingerprint density at radius 1 is 1.20 bits per heavy atom. The highest BCUT2D eigenvalue weighted by Crippen LogP contribution is 2.42. The molecule has 0 spiro atoms. The van der Waals surface area contributed by atoms with Crippen LogP contribution < -0.4 is 10.3 Å². The molecule has 0 unspecified atom stereocenters. The molecule has 0 fully saturated rings. The SMILES string of the molecule is CCN(c1ccc2c3c(nn2CCNCCO)-c2cnccc2C(=O)c13)N(C)C(=O)OC(C)(C)C. The van der Waals surface area contributed by atoms with Gasteiger partial charge in [0.15, 0.2) is 5.78 Å². The number of carbonyl (C=O) groups is 2. The van der Waals surface area contributed by atoms with Crippen LogP contribution in [0.5, 0.6) is 0 Å². The molecule has 1 aliphatic rings. The highest BCUT2D eigenvalue weighted by Gasteiger charge is 2.34. The molecule has 0 atom stereocenters. The average molecular weight is 481 g/mol. The predicted octanol–water partition coefficient (Wildman–Crippen LogP) is 2.83. The van der Waals surface area contributed by atoms with Crippen LogP contribution in [0, 0.1) is 0 Å². The van der Waals surface area contributed by atoms with Gasteiger partial charge in [0.2, 0.25) is 0 Å². The van der Waals surface area contributed by atoms with Gasteiger partial charge in [0.25, 0.3) is 0 Å². The van der Waals surface area contributed by atoms with E-state index in [0.29, 0.717) is 54.3 Å². The first-order valence-electron chi connectivity index (χ1n) is 11.8. The van der Waals surface area contributed by atoms with Gasteiger partial charge in [0.05, 0.1) is 29.9 Å². The van der Waals surface area contributed by atoms with Crippen molar-refractivity contribution >= 4 is 28.5 Å². The Hall–Kier alpha value is -3.50. The molecular weight excluding hydrogens is 448 g/mol. The fourth-order valence-corrected chi connectivity index (χ4v) is 4.34. The van der Waals surface area contributed by atoms with Crippen LogP contribution in [0.4, 0.5) is 10.5 Å². The summed E-state index contributed by atoms with van der Waals surface area (Å²) in [5.74, 6) is -0.135. The van der Waals surface area contributed by atoms with Crippen molar-refractivity contribution in [2.45, 2.75) is 39.8 Å². The van der Waals surface area contributed by atoms with Crippen LogP contribution in [0.15, 0.2) is 30.6 Å². The number of aromatic nitrogens is 3. The number of nitrogens with zero attached hydrogens (tertiary/aromatic N) is 5. The van der Waals surface area contributed by atoms with Crippen molar-refractivity contribution in [2.75, 3.05) is 38.3 Å². The van der Waals surface area contributed by atoms with E-state index in [2.05, 4.69) is 10.3 Å². The summed E-state index contributed by atoms with van der Waals surface area (Å²) in [7, 11) is 1.64. The molecule has 0 saturated heterocycles. The molecule has 1 aromatic carbocycles. The largest absolute Gasteiger partial charge is 0.442 e. The van der Waals surface area contributed by atoms with E-state index in [-0.39, 0.29) is 12.4 Å². The Labute approximate surface area is 204 Å². The molecule has 0 radical (unpaired) electrons. The second-order valence-corrected chi connectivity index (χ2v) is 9.37. The molecule has 0 aliphatic heterocycles. The number of fused-ring (bicyclic) bond motifs is 2. The quantitative estimate of drug-likeness (QED) is 0.292. The monoisotopic (exact) mass is 480 g/mol. The van der Waals surface area contributed by atoms with Gasteiger partial charge in [-0.2, -0.15) is 5.10 Å². The average Bonchev–Trinajstić information content (AvgIpc) is 3.19. The number of benzene rings is 1. The fourth-order valence-electron chi connectivity index (χ4n) is 4.34. The van der Waals surface area contributed by atoms with Crippen molar-refractivity contribution in [3.05, 3.63) is 41.7 Å². The van der Waals surface area contributed by atoms with E-state index in [1.54, 1.807) is 30.5 Å². The maximum Gasteiger partial charge on any atom is 0.429 e. The Kier molecular flexibility index (Phi) is 6.77. The summed E-state index contributed by atoms with van der Waals surface area (Å²) in [5.41, 5.74) is 3.20. The highest BCUT2D eigenvalue weighted by atomic mass is 16.6. The second kappa shape index (κ2) is 9.63. The molecule has 1 amide bonds. The van der Waals surface area contributed by atoms with Crippen molar-refractivity contribution in [3.8, 4) is 11.3 Å². The van der Waals surface area contributed by atoms with E-state index in [4.69, 9.17) is 14.9 Å². The summed E-state index contributed by atoms with van der Waals surface area (Å²) in [5, 5.41) is 20.9. The molecule has 0 bridgehead atoms. The summed E-state index contributed by atoms with van der Waals surface area (Å²) in [6.07, 6.45) is 2.76. The number of hydrogen-bond donors (Lipinski definition) is 2. The van der Waals surface area contributed by atoms with Crippen molar-refractivity contribution in [2.24, 2.45) is 0 Å². The molecule has 4 rings (SSSR count). The molecule has 10 nitrogen and oxygen atoms in total. The molecular formula is C25H32N6O4. The maximum absolute atomic E-state index is 13.8. The smallest absolute Gasteiger partial charge is 0.429 e. The lowest BCUT2D eigenvalue weighted by molar-refractivity contribution is 0.0278. The number of amides is 1. The normalized spacial score (nSPS) is 12.6. The summed E-state index contributed by atoms with van der Waals surface area (Å²) in [6.45, 7) is 9.54. The molecule has 2 heterocycles. The zero-order chi connectivity index (χ0) is 25.3. The van der Waals surface area contributed by atoms with Crippen LogP contribution in [-0.4, -0.2) is 75.6 Å². The van der Waals surface area contributed by atoms with Crippen LogP contribution in [0.25, 0.3) is 22.2 Å². The van der Waals surface area contributed by atoms with Gasteiger partial charge in [-0.25, -0.2) is 9.80 Å². The number of ketones is 1. The predicted molar refractivity (Wildman–Crippen MR) is 133 cm³/mol. The van der Waals surface area contributed by atoms with Crippen LogP contribution >= 0.6 is 0 Å². The second-order valence-electron chi connectivity index (χ2n) is 9.37. The third-order valence-corrected chi connectivity index (χ3v) is 5.83. The first-order valence-corrected chi connectivity index (χ1v) is 11.8. The van der Waals surface area contributed by atoms with Gasteiger partial charge in [0.1, 0.15) is 11.3 Å². The molecule has 3 aromatic rings.